The maximum absolute atomic E-state index is 11.4. The van der Waals surface area contributed by atoms with Gasteiger partial charge in [0.05, 0.1) is 11.4 Å². The van der Waals surface area contributed by atoms with Gasteiger partial charge in [-0.15, -0.1) is 0 Å². The van der Waals surface area contributed by atoms with Crippen molar-refractivity contribution in [1.82, 2.24) is 9.88 Å². The topological polar surface area (TPSA) is 97.6 Å². The average Bonchev–Trinajstić information content (AvgIpc) is 2.51. The summed E-state index contributed by atoms with van der Waals surface area (Å²) < 4.78 is 0. The Morgan fingerprint density at radius 2 is 1.77 bits per heavy atom. The predicted octanol–water partition coefficient (Wildman–Crippen LogP) is 0.703. The molecule has 6 heteroatoms. The minimum absolute atomic E-state index is 0.0335. The molecule has 0 aromatic carbocycles. The van der Waals surface area contributed by atoms with Crippen LogP contribution in [0.15, 0.2) is 23.2 Å². The highest BCUT2D eigenvalue weighted by Crippen LogP contribution is 2.03. The largest absolute Gasteiger partial charge is 0.329 e. The van der Waals surface area contributed by atoms with Crippen LogP contribution in [0.5, 0.6) is 0 Å². The number of Topliss-reactive ketones (excluding diaryl/α,β-unsaturated/α-hetero) is 1. The predicted molar refractivity (Wildman–Crippen MR) is 90.5 cm³/mol. The molecule has 0 radical (unpaired) electrons. The van der Waals surface area contributed by atoms with Crippen LogP contribution in [-0.2, 0) is 0 Å². The van der Waals surface area contributed by atoms with Crippen molar-refractivity contribution in [2.75, 3.05) is 39.3 Å². The van der Waals surface area contributed by atoms with E-state index in [0.717, 1.165) is 44.0 Å². The third kappa shape index (κ3) is 6.43. The number of pyridine rings is 1. The number of hydrogen-bond acceptors (Lipinski definition) is 6. The Kier molecular flexibility index (Phi) is 8.50. The number of aromatic nitrogens is 1. The molecule has 4 N–H and O–H groups in total. The normalized spacial score (nSPS) is 12.0. The van der Waals surface area contributed by atoms with Crippen LogP contribution in [0.25, 0.3) is 0 Å². The minimum Gasteiger partial charge on any atom is -0.329 e. The van der Waals surface area contributed by atoms with E-state index in [1.165, 1.54) is 6.92 Å². The maximum atomic E-state index is 11.4. The number of aliphatic imine (C=N–C) groups is 1. The molecule has 0 amide bonds. The summed E-state index contributed by atoms with van der Waals surface area (Å²) in [5.74, 6) is -0.0335. The molecule has 1 heterocycles. The Labute approximate surface area is 132 Å². The van der Waals surface area contributed by atoms with Crippen LogP contribution in [0.4, 0.5) is 0 Å². The number of carbonyl (C=O) groups is 1. The van der Waals surface area contributed by atoms with Gasteiger partial charge in [-0.3, -0.25) is 9.79 Å². The van der Waals surface area contributed by atoms with Gasteiger partial charge in [0.2, 0.25) is 0 Å². The lowest BCUT2D eigenvalue weighted by Crippen LogP contribution is -2.34. The molecular weight excluding hydrogens is 278 g/mol. The van der Waals surface area contributed by atoms with E-state index in [0.29, 0.717) is 18.8 Å². The zero-order chi connectivity index (χ0) is 16.4. The fraction of sp³-hybridized carbons (Fsp3) is 0.562. The molecule has 0 spiro atoms. The first kappa shape index (κ1) is 18.4. The van der Waals surface area contributed by atoms with E-state index in [2.05, 4.69) is 14.9 Å². The fourth-order valence-electron chi connectivity index (χ4n) is 2.15. The third-order valence-electron chi connectivity index (χ3n) is 3.35. The second-order valence-electron chi connectivity index (χ2n) is 5.20. The van der Waals surface area contributed by atoms with Crippen LogP contribution in [-0.4, -0.2) is 60.6 Å². The zero-order valence-electron chi connectivity index (χ0n) is 13.6. The van der Waals surface area contributed by atoms with Gasteiger partial charge in [-0.05, 0) is 32.0 Å². The van der Waals surface area contributed by atoms with Crippen LogP contribution < -0.4 is 11.5 Å². The minimum atomic E-state index is -0.0335. The van der Waals surface area contributed by atoms with Crippen LogP contribution >= 0.6 is 0 Å². The lowest BCUT2D eigenvalue weighted by Gasteiger charge is -2.19. The lowest BCUT2D eigenvalue weighted by molar-refractivity contribution is 0.101. The van der Waals surface area contributed by atoms with E-state index in [1.54, 1.807) is 6.07 Å². The van der Waals surface area contributed by atoms with Gasteiger partial charge in [0.1, 0.15) is 5.69 Å². The molecular formula is C16H27N5O. The summed E-state index contributed by atoms with van der Waals surface area (Å²) >= 11 is 0. The van der Waals surface area contributed by atoms with Gasteiger partial charge in [0, 0.05) is 39.6 Å². The molecule has 0 saturated carbocycles. The van der Waals surface area contributed by atoms with Crippen molar-refractivity contribution in [3.05, 3.63) is 29.6 Å². The molecule has 0 saturated heterocycles. The molecule has 0 atom stereocenters. The maximum Gasteiger partial charge on any atom is 0.178 e. The van der Waals surface area contributed by atoms with E-state index in [9.17, 15) is 4.79 Å². The highest BCUT2D eigenvalue weighted by Gasteiger charge is 2.05. The molecule has 122 valence electrons. The second kappa shape index (κ2) is 10.2. The monoisotopic (exact) mass is 305 g/mol. The van der Waals surface area contributed by atoms with E-state index in [1.807, 2.05) is 19.1 Å². The molecule has 22 heavy (non-hydrogen) atoms. The summed E-state index contributed by atoms with van der Waals surface area (Å²) in [5, 5.41) is 0. The van der Waals surface area contributed by atoms with Gasteiger partial charge in [-0.2, -0.15) is 0 Å². The summed E-state index contributed by atoms with van der Waals surface area (Å²) in [7, 11) is 0. The molecule has 0 aliphatic heterocycles. The van der Waals surface area contributed by atoms with Crippen LogP contribution in [0.3, 0.4) is 0 Å². The van der Waals surface area contributed by atoms with Crippen LogP contribution in [0.2, 0.25) is 0 Å². The Bertz CT molecular complexity index is 495. The van der Waals surface area contributed by atoms with Crippen LogP contribution in [0, 0.1) is 0 Å². The summed E-state index contributed by atoms with van der Waals surface area (Å²) in [4.78, 5) is 22.5. The Morgan fingerprint density at radius 3 is 2.36 bits per heavy atom. The molecule has 0 fully saturated rings. The molecule has 0 aliphatic carbocycles. The molecule has 6 nitrogen and oxygen atoms in total. The van der Waals surface area contributed by atoms with E-state index < -0.39 is 0 Å². The molecule has 1 aromatic rings. The number of nitrogens with zero attached hydrogens (tertiary/aromatic N) is 3. The summed E-state index contributed by atoms with van der Waals surface area (Å²) in [6.07, 6.45) is 0.948. The lowest BCUT2D eigenvalue weighted by atomic mass is 10.2. The van der Waals surface area contributed by atoms with Crippen molar-refractivity contribution in [3.63, 3.8) is 0 Å². The van der Waals surface area contributed by atoms with Crippen LogP contribution in [0.1, 0.15) is 36.5 Å². The SMILES string of the molecule is CC(=O)c1cccc(C(C)=NCCCN(CCN)CCN)n1. The van der Waals surface area contributed by atoms with Crippen molar-refractivity contribution >= 4 is 11.5 Å². The highest BCUT2D eigenvalue weighted by atomic mass is 16.1. The summed E-state index contributed by atoms with van der Waals surface area (Å²) in [6, 6.07) is 5.43. The van der Waals surface area contributed by atoms with Crippen molar-refractivity contribution in [2.45, 2.75) is 20.3 Å². The first-order chi connectivity index (χ1) is 10.6. The standard InChI is InChI=1S/C16H27N5O/c1-13(15-5-3-6-16(20-15)14(2)22)19-9-4-10-21(11-7-17)12-8-18/h3,5-6H,4,7-12,17-18H2,1-2H3. The van der Waals surface area contributed by atoms with Crippen molar-refractivity contribution < 1.29 is 4.79 Å². The first-order valence-corrected chi connectivity index (χ1v) is 7.70. The quantitative estimate of drug-likeness (QED) is 0.377. The first-order valence-electron chi connectivity index (χ1n) is 7.70. The number of ketones is 1. The third-order valence-corrected chi connectivity index (χ3v) is 3.35. The molecule has 1 rings (SSSR count). The Balaban J connectivity index is 2.52. The molecule has 0 aliphatic rings. The number of nitrogens with two attached hydrogens (primary N) is 2. The van der Waals surface area contributed by atoms with Gasteiger partial charge in [-0.25, -0.2) is 4.98 Å². The summed E-state index contributed by atoms with van der Waals surface area (Å²) in [5.41, 5.74) is 13.2. The number of hydrogen-bond donors (Lipinski definition) is 2. The van der Waals surface area contributed by atoms with E-state index in [-0.39, 0.29) is 5.78 Å². The van der Waals surface area contributed by atoms with E-state index >= 15 is 0 Å². The smallest absolute Gasteiger partial charge is 0.178 e. The zero-order valence-corrected chi connectivity index (χ0v) is 13.6. The van der Waals surface area contributed by atoms with Gasteiger partial charge < -0.3 is 16.4 Å². The number of rotatable bonds is 10. The summed E-state index contributed by atoms with van der Waals surface area (Å²) in [6.45, 7) is 8.11. The molecule has 0 unspecified atom stereocenters. The van der Waals surface area contributed by atoms with Gasteiger partial charge in [0.15, 0.2) is 5.78 Å². The fourth-order valence-corrected chi connectivity index (χ4v) is 2.15. The average molecular weight is 305 g/mol. The van der Waals surface area contributed by atoms with Crippen molar-refractivity contribution in [1.29, 1.82) is 0 Å². The van der Waals surface area contributed by atoms with Crippen molar-refractivity contribution in [3.8, 4) is 0 Å². The van der Waals surface area contributed by atoms with Gasteiger partial charge in [-0.1, -0.05) is 6.07 Å². The molecule has 0 bridgehead atoms. The Hall–Kier alpha value is -1.63. The van der Waals surface area contributed by atoms with E-state index in [4.69, 9.17) is 11.5 Å². The highest BCUT2D eigenvalue weighted by molar-refractivity contribution is 5.99. The number of carbonyl (C=O) groups excluding carboxylic acids is 1. The molecule has 1 aromatic heterocycles. The van der Waals surface area contributed by atoms with Gasteiger partial charge >= 0.3 is 0 Å². The second-order valence-corrected chi connectivity index (χ2v) is 5.20. The van der Waals surface area contributed by atoms with Gasteiger partial charge in [0.25, 0.3) is 0 Å². The Morgan fingerprint density at radius 1 is 1.14 bits per heavy atom. The van der Waals surface area contributed by atoms with Crippen molar-refractivity contribution in [2.24, 2.45) is 16.5 Å².